The molecule has 0 aliphatic carbocycles. The minimum absolute atomic E-state index is 0.0162. The largest absolute Gasteiger partial charge is 0.343 e. The van der Waals surface area contributed by atoms with E-state index in [0.717, 1.165) is 16.6 Å². The van der Waals surface area contributed by atoms with Crippen LogP contribution in [0.1, 0.15) is 23.0 Å². The number of aryl methyl sites for hydroxylation is 1. The molecule has 5 heteroatoms. The smallest absolute Gasteiger partial charge is 0.270 e. The van der Waals surface area contributed by atoms with Gasteiger partial charge in [-0.3, -0.25) is 4.79 Å². The first kappa shape index (κ1) is 15.1. The van der Waals surface area contributed by atoms with Crippen molar-refractivity contribution in [2.45, 2.75) is 20.0 Å². The van der Waals surface area contributed by atoms with Gasteiger partial charge in [-0.25, -0.2) is 0 Å². The lowest BCUT2D eigenvalue weighted by Crippen LogP contribution is -2.28. The molecule has 0 fully saturated rings. The van der Waals surface area contributed by atoms with E-state index in [9.17, 15) is 4.79 Å². The van der Waals surface area contributed by atoms with Crippen LogP contribution in [0.25, 0.3) is 0 Å². The van der Waals surface area contributed by atoms with E-state index in [4.69, 9.17) is 11.6 Å². The van der Waals surface area contributed by atoms with Gasteiger partial charge in [0.25, 0.3) is 5.91 Å². The maximum atomic E-state index is 12.5. The predicted octanol–water partition coefficient (Wildman–Crippen LogP) is 4.20. The molecule has 0 radical (unpaired) electrons. The third-order valence-corrected chi connectivity index (χ3v) is 3.94. The SMILES string of the molecule is CCn1cc(Br)cc1C(=O)N(C)Cc1ccccc1Cl. The summed E-state index contributed by atoms with van der Waals surface area (Å²) >= 11 is 9.54. The van der Waals surface area contributed by atoms with Crippen LogP contribution in [-0.2, 0) is 13.1 Å². The molecule has 0 spiro atoms. The highest BCUT2D eigenvalue weighted by atomic mass is 79.9. The molecule has 1 heterocycles. The van der Waals surface area contributed by atoms with Crippen molar-refractivity contribution in [2.75, 3.05) is 7.05 Å². The quantitative estimate of drug-likeness (QED) is 0.807. The minimum atomic E-state index is -0.0162. The topological polar surface area (TPSA) is 25.2 Å². The molecule has 1 amide bonds. The molecule has 106 valence electrons. The molecule has 0 saturated heterocycles. The van der Waals surface area contributed by atoms with Crippen molar-refractivity contribution in [1.82, 2.24) is 9.47 Å². The summed E-state index contributed by atoms with van der Waals surface area (Å²) in [5.41, 5.74) is 1.62. The first-order chi connectivity index (χ1) is 9.52. The molecule has 0 bridgehead atoms. The molecular formula is C15H16BrClN2O. The number of halogens is 2. The van der Waals surface area contributed by atoms with E-state index in [1.54, 1.807) is 11.9 Å². The summed E-state index contributed by atoms with van der Waals surface area (Å²) in [6, 6.07) is 9.41. The Kier molecular flexibility index (Phi) is 4.89. The average molecular weight is 356 g/mol. The molecule has 2 rings (SSSR count). The molecule has 0 aliphatic rings. The lowest BCUT2D eigenvalue weighted by atomic mass is 10.2. The van der Waals surface area contributed by atoms with Crippen molar-refractivity contribution in [3.05, 3.63) is 57.3 Å². The van der Waals surface area contributed by atoms with Crippen LogP contribution in [0.3, 0.4) is 0 Å². The van der Waals surface area contributed by atoms with Gasteiger partial charge >= 0.3 is 0 Å². The first-order valence-corrected chi connectivity index (χ1v) is 7.54. The van der Waals surface area contributed by atoms with Crippen LogP contribution in [0.15, 0.2) is 41.0 Å². The van der Waals surface area contributed by atoms with Crippen molar-refractivity contribution < 1.29 is 4.79 Å². The Bertz CT molecular complexity index is 624. The summed E-state index contributed by atoms with van der Waals surface area (Å²) in [5.74, 6) is -0.0162. The molecule has 3 nitrogen and oxygen atoms in total. The number of carbonyl (C=O) groups excluding carboxylic acids is 1. The first-order valence-electron chi connectivity index (χ1n) is 6.37. The number of hydrogen-bond acceptors (Lipinski definition) is 1. The molecule has 20 heavy (non-hydrogen) atoms. The normalized spacial score (nSPS) is 10.6. The Morgan fingerprint density at radius 3 is 2.75 bits per heavy atom. The highest BCUT2D eigenvalue weighted by Gasteiger charge is 2.17. The number of benzene rings is 1. The monoisotopic (exact) mass is 354 g/mol. The summed E-state index contributed by atoms with van der Waals surface area (Å²) in [6.07, 6.45) is 1.91. The summed E-state index contributed by atoms with van der Waals surface area (Å²) in [7, 11) is 1.78. The molecule has 1 aromatic heterocycles. The van der Waals surface area contributed by atoms with Crippen LogP contribution < -0.4 is 0 Å². The van der Waals surface area contributed by atoms with Crippen molar-refractivity contribution in [3.8, 4) is 0 Å². The Morgan fingerprint density at radius 2 is 2.10 bits per heavy atom. The highest BCUT2D eigenvalue weighted by molar-refractivity contribution is 9.10. The molecule has 0 unspecified atom stereocenters. The van der Waals surface area contributed by atoms with E-state index in [1.807, 2.05) is 48.0 Å². The van der Waals surface area contributed by atoms with Gasteiger partial charge in [-0.05, 0) is 40.5 Å². The van der Waals surface area contributed by atoms with Gasteiger partial charge in [0.15, 0.2) is 0 Å². The number of aromatic nitrogens is 1. The van der Waals surface area contributed by atoms with E-state index in [1.165, 1.54) is 0 Å². The second-order valence-corrected chi connectivity index (χ2v) is 5.91. The molecule has 2 aromatic rings. The van der Waals surface area contributed by atoms with Crippen LogP contribution in [0.5, 0.6) is 0 Å². The standard InChI is InChI=1S/C15H16BrClN2O/c1-3-19-10-12(16)8-14(19)15(20)18(2)9-11-6-4-5-7-13(11)17/h4-8,10H,3,9H2,1-2H3. The Balaban J connectivity index is 2.18. The number of carbonyl (C=O) groups is 1. The second-order valence-electron chi connectivity index (χ2n) is 4.58. The van der Waals surface area contributed by atoms with E-state index >= 15 is 0 Å². The molecule has 1 aromatic carbocycles. The predicted molar refractivity (Wildman–Crippen MR) is 85.1 cm³/mol. The van der Waals surface area contributed by atoms with Crippen LogP contribution in [0.2, 0.25) is 5.02 Å². The van der Waals surface area contributed by atoms with Crippen molar-refractivity contribution in [3.63, 3.8) is 0 Å². The van der Waals surface area contributed by atoms with Crippen molar-refractivity contribution in [1.29, 1.82) is 0 Å². The summed E-state index contributed by atoms with van der Waals surface area (Å²) in [4.78, 5) is 14.2. The second kappa shape index (κ2) is 6.46. The van der Waals surface area contributed by atoms with E-state index in [2.05, 4.69) is 15.9 Å². The molecule has 0 atom stereocenters. The molecule has 0 N–H and O–H groups in total. The number of hydrogen-bond donors (Lipinski definition) is 0. The van der Waals surface area contributed by atoms with Gasteiger partial charge in [-0.1, -0.05) is 29.8 Å². The number of amides is 1. The van der Waals surface area contributed by atoms with Crippen molar-refractivity contribution in [2.24, 2.45) is 0 Å². The molecule has 0 aliphatic heterocycles. The fraction of sp³-hybridized carbons (Fsp3) is 0.267. The zero-order valence-electron chi connectivity index (χ0n) is 11.4. The van der Waals surface area contributed by atoms with Crippen molar-refractivity contribution >= 4 is 33.4 Å². The highest BCUT2D eigenvalue weighted by Crippen LogP contribution is 2.20. The number of nitrogens with zero attached hydrogens (tertiary/aromatic N) is 2. The van der Waals surface area contributed by atoms with Crippen LogP contribution >= 0.6 is 27.5 Å². The summed E-state index contributed by atoms with van der Waals surface area (Å²) < 4.78 is 2.84. The minimum Gasteiger partial charge on any atom is -0.343 e. The maximum Gasteiger partial charge on any atom is 0.270 e. The summed E-state index contributed by atoms with van der Waals surface area (Å²) in [6.45, 7) is 3.26. The average Bonchev–Trinajstić information content (AvgIpc) is 2.81. The van der Waals surface area contributed by atoms with Crippen LogP contribution in [0, 0.1) is 0 Å². The van der Waals surface area contributed by atoms with Gasteiger partial charge in [-0.15, -0.1) is 0 Å². The zero-order valence-corrected chi connectivity index (χ0v) is 13.8. The maximum absolute atomic E-state index is 12.5. The van der Waals surface area contributed by atoms with E-state index in [-0.39, 0.29) is 5.91 Å². The van der Waals surface area contributed by atoms with E-state index in [0.29, 0.717) is 17.3 Å². The molecular weight excluding hydrogens is 340 g/mol. The van der Waals surface area contributed by atoms with Crippen LogP contribution in [-0.4, -0.2) is 22.4 Å². The van der Waals surface area contributed by atoms with Gasteiger partial charge < -0.3 is 9.47 Å². The summed E-state index contributed by atoms with van der Waals surface area (Å²) in [5, 5.41) is 0.680. The lowest BCUT2D eigenvalue weighted by molar-refractivity contribution is 0.0774. The van der Waals surface area contributed by atoms with Gasteiger partial charge in [0, 0.05) is 35.8 Å². The van der Waals surface area contributed by atoms with Crippen LogP contribution in [0.4, 0.5) is 0 Å². The van der Waals surface area contributed by atoms with Gasteiger partial charge in [-0.2, -0.15) is 0 Å². The molecule has 0 saturated carbocycles. The third kappa shape index (κ3) is 3.25. The fourth-order valence-corrected chi connectivity index (χ4v) is 2.72. The Labute approximate surface area is 132 Å². The van der Waals surface area contributed by atoms with Gasteiger partial charge in [0.05, 0.1) is 0 Å². The Hall–Kier alpha value is -1.26. The fourth-order valence-electron chi connectivity index (χ4n) is 2.06. The van der Waals surface area contributed by atoms with Gasteiger partial charge in [0.1, 0.15) is 5.69 Å². The Morgan fingerprint density at radius 1 is 1.40 bits per heavy atom. The lowest BCUT2D eigenvalue weighted by Gasteiger charge is -2.18. The zero-order chi connectivity index (χ0) is 14.7. The third-order valence-electron chi connectivity index (χ3n) is 3.14. The number of rotatable bonds is 4. The van der Waals surface area contributed by atoms with E-state index < -0.39 is 0 Å². The van der Waals surface area contributed by atoms with Gasteiger partial charge in [0.2, 0.25) is 0 Å².